The molecule has 1 N–H and O–H groups in total. The first kappa shape index (κ1) is 24.6. The summed E-state index contributed by atoms with van der Waals surface area (Å²) in [5, 5.41) is 12.3. The third-order valence-electron chi connectivity index (χ3n) is 5.28. The molecule has 174 valence electrons. The van der Waals surface area contributed by atoms with Gasteiger partial charge in [0.2, 0.25) is 5.91 Å². The molecule has 1 amide bonds. The summed E-state index contributed by atoms with van der Waals surface area (Å²) < 4.78 is 8.06. The summed E-state index contributed by atoms with van der Waals surface area (Å²) in [6.45, 7) is 14.6. The number of thioether (sulfide) groups is 1. The molecule has 3 aromatic rings. The number of aromatic nitrogens is 3. The number of hydrogen-bond acceptors (Lipinski definition) is 5. The summed E-state index contributed by atoms with van der Waals surface area (Å²) in [5.41, 5.74) is 4.23. The fraction of sp³-hybridized carbons (Fsp3) is 0.346. The van der Waals surface area contributed by atoms with Gasteiger partial charge in [-0.3, -0.25) is 9.36 Å². The number of aryl methyl sites for hydroxylation is 2. The van der Waals surface area contributed by atoms with Crippen LogP contribution < -0.4 is 10.1 Å². The van der Waals surface area contributed by atoms with Crippen LogP contribution in [0.2, 0.25) is 0 Å². The van der Waals surface area contributed by atoms with Crippen molar-refractivity contribution in [3.05, 3.63) is 77.6 Å². The van der Waals surface area contributed by atoms with Gasteiger partial charge < -0.3 is 10.1 Å². The van der Waals surface area contributed by atoms with E-state index in [4.69, 9.17) is 4.74 Å². The molecule has 1 heterocycles. The van der Waals surface area contributed by atoms with Crippen molar-refractivity contribution in [1.82, 2.24) is 14.8 Å². The van der Waals surface area contributed by atoms with Gasteiger partial charge in [-0.05, 0) is 61.6 Å². The molecule has 0 radical (unpaired) electrons. The van der Waals surface area contributed by atoms with Crippen molar-refractivity contribution in [3.8, 4) is 5.75 Å². The molecule has 1 atom stereocenters. The van der Waals surface area contributed by atoms with E-state index in [1.807, 2.05) is 55.7 Å². The highest BCUT2D eigenvalue weighted by atomic mass is 32.2. The first-order chi connectivity index (χ1) is 15.8. The summed E-state index contributed by atoms with van der Waals surface area (Å²) in [7, 11) is 0. The van der Waals surface area contributed by atoms with E-state index in [0.717, 1.165) is 22.6 Å². The minimum Gasteiger partial charge on any atom is -0.483 e. The predicted octanol–water partition coefficient (Wildman–Crippen LogP) is 6.08. The van der Waals surface area contributed by atoms with E-state index in [2.05, 4.69) is 48.1 Å². The average molecular weight is 465 g/mol. The summed E-state index contributed by atoms with van der Waals surface area (Å²) in [6.07, 6.45) is 1.48. The standard InChI is InChI=1S/C26H32N4O2S/c1-7-14-30-25(20(6)32-22-12-10-21(11-13-22)17(2)3)28-29-26(30)33-16-24(31)27-23-15-18(4)8-9-19(23)5/h7-13,15,17,20H,1,14,16H2,2-6H3,(H,27,31). The van der Waals surface area contributed by atoms with Crippen LogP contribution in [0.15, 0.2) is 60.3 Å². The van der Waals surface area contributed by atoms with Crippen molar-refractivity contribution < 1.29 is 9.53 Å². The van der Waals surface area contributed by atoms with Gasteiger partial charge in [-0.25, -0.2) is 0 Å². The quantitative estimate of drug-likeness (QED) is 0.291. The van der Waals surface area contributed by atoms with E-state index in [1.165, 1.54) is 17.3 Å². The number of ether oxygens (including phenoxy) is 1. The lowest BCUT2D eigenvalue weighted by atomic mass is 10.0. The molecule has 0 fully saturated rings. The molecule has 6 nitrogen and oxygen atoms in total. The monoisotopic (exact) mass is 464 g/mol. The first-order valence-corrected chi connectivity index (χ1v) is 12.1. The van der Waals surface area contributed by atoms with Crippen molar-refractivity contribution in [3.63, 3.8) is 0 Å². The predicted molar refractivity (Wildman–Crippen MR) is 135 cm³/mol. The van der Waals surface area contributed by atoms with Crippen molar-refractivity contribution in [2.24, 2.45) is 0 Å². The van der Waals surface area contributed by atoms with Crippen LogP contribution in [0.3, 0.4) is 0 Å². The molecule has 0 bridgehead atoms. The van der Waals surface area contributed by atoms with Gasteiger partial charge in [-0.1, -0.05) is 56.0 Å². The number of amides is 1. The zero-order chi connectivity index (χ0) is 24.0. The zero-order valence-corrected chi connectivity index (χ0v) is 20.8. The average Bonchev–Trinajstić information content (AvgIpc) is 3.18. The van der Waals surface area contributed by atoms with E-state index in [9.17, 15) is 4.79 Å². The van der Waals surface area contributed by atoms with Crippen LogP contribution in [0.25, 0.3) is 0 Å². The number of carbonyl (C=O) groups excluding carboxylic acids is 1. The van der Waals surface area contributed by atoms with E-state index < -0.39 is 0 Å². The minimum absolute atomic E-state index is 0.0852. The van der Waals surface area contributed by atoms with Crippen LogP contribution in [0, 0.1) is 13.8 Å². The Morgan fingerprint density at radius 3 is 2.55 bits per heavy atom. The Morgan fingerprint density at radius 2 is 1.88 bits per heavy atom. The number of anilines is 1. The van der Waals surface area contributed by atoms with Gasteiger partial charge in [0.05, 0.1) is 5.75 Å². The van der Waals surface area contributed by atoms with Crippen molar-refractivity contribution in [2.75, 3.05) is 11.1 Å². The Labute approximate surface area is 200 Å². The molecule has 1 unspecified atom stereocenters. The molecule has 0 spiro atoms. The third-order valence-corrected chi connectivity index (χ3v) is 6.25. The molecule has 0 aliphatic rings. The molecule has 0 saturated heterocycles. The second-order valence-electron chi connectivity index (χ2n) is 8.38. The highest BCUT2D eigenvalue weighted by molar-refractivity contribution is 7.99. The van der Waals surface area contributed by atoms with Crippen molar-refractivity contribution in [2.45, 2.75) is 58.3 Å². The summed E-state index contributed by atoms with van der Waals surface area (Å²) in [6, 6.07) is 14.1. The lowest BCUT2D eigenvalue weighted by Gasteiger charge is -2.16. The number of benzene rings is 2. The van der Waals surface area contributed by atoms with E-state index in [0.29, 0.717) is 23.4 Å². The second-order valence-corrected chi connectivity index (χ2v) is 9.32. The molecule has 1 aromatic heterocycles. The van der Waals surface area contributed by atoms with Gasteiger partial charge in [-0.2, -0.15) is 0 Å². The largest absolute Gasteiger partial charge is 0.483 e. The number of hydrogen-bond donors (Lipinski definition) is 1. The maximum Gasteiger partial charge on any atom is 0.234 e. The SMILES string of the molecule is C=CCn1c(SCC(=O)Nc2cc(C)ccc2C)nnc1C(C)Oc1ccc(C(C)C)cc1. The number of nitrogens with one attached hydrogen (secondary N) is 1. The van der Waals surface area contributed by atoms with Crippen molar-refractivity contribution in [1.29, 1.82) is 0 Å². The summed E-state index contributed by atoms with van der Waals surface area (Å²) in [4.78, 5) is 12.5. The molecule has 2 aromatic carbocycles. The highest BCUT2D eigenvalue weighted by Crippen LogP contribution is 2.26. The van der Waals surface area contributed by atoms with Crippen LogP contribution in [-0.4, -0.2) is 26.4 Å². The summed E-state index contributed by atoms with van der Waals surface area (Å²) in [5.74, 6) is 2.09. The minimum atomic E-state index is -0.305. The summed E-state index contributed by atoms with van der Waals surface area (Å²) >= 11 is 1.35. The van der Waals surface area contributed by atoms with Crippen LogP contribution >= 0.6 is 11.8 Å². The van der Waals surface area contributed by atoms with Crippen LogP contribution in [-0.2, 0) is 11.3 Å². The van der Waals surface area contributed by atoms with Gasteiger partial charge in [0, 0.05) is 12.2 Å². The Morgan fingerprint density at radius 1 is 1.15 bits per heavy atom. The number of nitrogens with zero attached hydrogens (tertiary/aromatic N) is 3. The van der Waals surface area contributed by atoms with E-state index in [1.54, 1.807) is 6.08 Å². The zero-order valence-electron chi connectivity index (χ0n) is 20.0. The van der Waals surface area contributed by atoms with Crippen LogP contribution in [0.1, 0.15) is 55.3 Å². The number of carbonyl (C=O) groups is 1. The first-order valence-electron chi connectivity index (χ1n) is 11.1. The van der Waals surface area contributed by atoms with Gasteiger partial charge in [0.25, 0.3) is 0 Å². The van der Waals surface area contributed by atoms with Crippen molar-refractivity contribution >= 4 is 23.4 Å². The Bertz CT molecular complexity index is 1110. The van der Waals surface area contributed by atoms with Gasteiger partial charge >= 0.3 is 0 Å². The molecule has 7 heteroatoms. The highest BCUT2D eigenvalue weighted by Gasteiger charge is 2.20. The maximum atomic E-state index is 12.5. The molecule has 33 heavy (non-hydrogen) atoms. The van der Waals surface area contributed by atoms with Crippen LogP contribution in [0.5, 0.6) is 5.75 Å². The molecule has 0 aliphatic carbocycles. The topological polar surface area (TPSA) is 69.0 Å². The maximum absolute atomic E-state index is 12.5. The Hall–Kier alpha value is -3.06. The van der Waals surface area contributed by atoms with Gasteiger partial charge in [0.15, 0.2) is 17.1 Å². The number of rotatable bonds is 10. The molecule has 3 rings (SSSR count). The van der Waals surface area contributed by atoms with E-state index >= 15 is 0 Å². The third kappa shape index (κ3) is 6.48. The lowest BCUT2D eigenvalue weighted by Crippen LogP contribution is -2.16. The molecule has 0 saturated carbocycles. The lowest BCUT2D eigenvalue weighted by molar-refractivity contribution is -0.113. The van der Waals surface area contributed by atoms with Gasteiger partial charge in [0.1, 0.15) is 5.75 Å². The molecular weight excluding hydrogens is 432 g/mol. The molecule has 0 aliphatic heterocycles. The fourth-order valence-electron chi connectivity index (χ4n) is 3.38. The normalized spacial score (nSPS) is 11.9. The Kier molecular flexibility index (Phi) is 8.33. The number of allylic oxidation sites excluding steroid dienone is 1. The van der Waals surface area contributed by atoms with E-state index in [-0.39, 0.29) is 17.8 Å². The fourth-order valence-corrected chi connectivity index (χ4v) is 4.14. The molecular formula is C26H32N4O2S. The smallest absolute Gasteiger partial charge is 0.234 e. The van der Waals surface area contributed by atoms with Crippen LogP contribution in [0.4, 0.5) is 5.69 Å². The Balaban J connectivity index is 1.67. The van der Waals surface area contributed by atoms with Gasteiger partial charge in [-0.15, -0.1) is 16.8 Å². The second kappa shape index (κ2) is 11.2.